The Kier molecular flexibility index (Phi) is 50.1. The molecule has 0 saturated carbocycles. The van der Waals surface area contributed by atoms with E-state index >= 15 is 0 Å². The Bertz CT molecular complexity index is 896. The Balaban J connectivity index is -0.000000146. The minimum absolute atomic E-state index is 0.127. The molecule has 0 radical (unpaired) electrons. The molecule has 0 spiro atoms. The van der Waals surface area contributed by atoms with Crippen LogP contribution in [0.4, 0.5) is 4.39 Å². The van der Waals surface area contributed by atoms with Crippen LogP contribution in [-0.4, -0.2) is 0 Å². The van der Waals surface area contributed by atoms with Crippen molar-refractivity contribution < 1.29 is 4.39 Å². The summed E-state index contributed by atoms with van der Waals surface area (Å²) in [5.74, 6) is 0.836. The SMILES string of the molecule is C=C.C=C(C)Cc1ccc(C)cc1F.CC.CC.CCC1=CCCC=C1.CCCC.CCCC(C)CCC.Cc1ccccc1. The summed E-state index contributed by atoms with van der Waals surface area (Å²) in [6.07, 6.45) is 19.3. The number of halogens is 1. The Morgan fingerprint density at radius 2 is 1.27 bits per heavy atom. The van der Waals surface area contributed by atoms with Crippen LogP contribution in [0.15, 0.2) is 97.6 Å². The third kappa shape index (κ3) is 41.3. The lowest BCUT2D eigenvalue weighted by Gasteiger charge is -2.05. The molecule has 0 aliphatic heterocycles. The quantitative estimate of drug-likeness (QED) is 0.256. The molecular weight excluding hydrogens is 547 g/mol. The number of unbranched alkanes of at least 4 members (excludes halogenated alkanes) is 1. The fourth-order valence-corrected chi connectivity index (χ4v) is 3.72. The maximum Gasteiger partial charge on any atom is 0.126 e. The zero-order chi connectivity index (χ0) is 35.9. The first-order chi connectivity index (χ1) is 21.6. The van der Waals surface area contributed by atoms with E-state index in [1.807, 2.05) is 71.9 Å². The van der Waals surface area contributed by atoms with E-state index in [1.54, 1.807) is 6.07 Å². The molecule has 0 atom stereocenters. The molecule has 1 aliphatic rings. The monoisotopic (exact) mass is 625 g/mol. The van der Waals surface area contributed by atoms with Gasteiger partial charge in [-0.25, -0.2) is 4.39 Å². The van der Waals surface area contributed by atoms with Gasteiger partial charge in [0.05, 0.1) is 0 Å². The summed E-state index contributed by atoms with van der Waals surface area (Å²) in [5, 5.41) is 0. The molecule has 0 heterocycles. The van der Waals surface area contributed by atoms with Crippen LogP contribution in [0, 0.1) is 25.6 Å². The highest BCUT2D eigenvalue weighted by Crippen LogP contribution is 2.13. The van der Waals surface area contributed by atoms with Crippen molar-refractivity contribution in [1.29, 1.82) is 0 Å². The van der Waals surface area contributed by atoms with Gasteiger partial charge in [-0.1, -0.05) is 192 Å². The lowest BCUT2D eigenvalue weighted by molar-refractivity contribution is 0.480. The average molecular weight is 625 g/mol. The van der Waals surface area contributed by atoms with Crippen molar-refractivity contribution in [2.24, 2.45) is 5.92 Å². The van der Waals surface area contributed by atoms with Crippen molar-refractivity contribution in [2.45, 2.75) is 154 Å². The number of rotatable bonds is 8. The van der Waals surface area contributed by atoms with Crippen LogP contribution in [0.1, 0.15) is 151 Å². The van der Waals surface area contributed by atoms with E-state index in [2.05, 4.69) is 98.6 Å². The van der Waals surface area contributed by atoms with Crippen LogP contribution < -0.4 is 0 Å². The lowest BCUT2D eigenvalue weighted by Crippen LogP contribution is -1.91. The largest absolute Gasteiger partial charge is 0.207 e. The van der Waals surface area contributed by atoms with Crippen LogP contribution >= 0.6 is 0 Å². The summed E-state index contributed by atoms with van der Waals surface area (Å²) in [5.41, 5.74) is 5.49. The standard InChI is InChI=1S/C11H13F.C8H12.C8H18.C7H8.C4H10.2C2H6.C2H4/c1-8(2)6-10-5-4-9(3)7-11(10)12;1-2-8-6-4-3-5-7-8;1-4-6-8(3)7-5-2;1-7-5-3-2-4-6-7;1-3-4-2;3*1-2/h4-5,7H,1,6H2,2-3H3;4,6-7H,2-3,5H2,1H3;8H,4-7H2,1-3H3;2-6H,1H3;3-4H2,1-2H3;2*1-2H3;1-2H2. The molecule has 2 aromatic rings. The Hall–Kier alpha value is -2.67. The van der Waals surface area contributed by atoms with Gasteiger partial charge in [-0.05, 0) is 69.6 Å². The summed E-state index contributed by atoms with van der Waals surface area (Å²) in [4.78, 5) is 0. The van der Waals surface area contributed by atoms with Crippen molar-refractivity contribution >= 4 is 0 Å². The minimum atomic E-state index is -0.127. The van der Waals surface area contributed by atoms with Crippen molar-refractivity contribution in [3.05, 3.63) is 120 Å². The summed E-state index contributed by atoms with van der Waals surface area (Å²) in [6, 6.07) is 15.6. The molecular formula is C44H77F. The Morgan fingerprint density at radius 3 is 1.56 bits per heavy atom. The molecule has 1 heteroatoms. The molecule has 0 unspecified atom stereocenters. The van der Waals surface area contributed by atoms with E-state index in [-0.39, 0.29) is 5.82 Å². The van der Waals surface area contributed by atoms with Crippen molar-refractivity contribution in [1.82, 2.24) is 0 Å². The topological polar surface area (TPSA) is 0 Å². The fourth-order valence-electron chi connectivity index (χ4n) is 3.72. The van der Waals surface area contributed by atoms with E-state index in [1.165, 1.54) is 68.9 Å². The van der Waals surface area contributed by atoms with Crippen LogP contribution in [0.5, 0.6) is 0 Å². The van der Waals surface area contributed by atoms with E-state index in [0.29, 0.717) is 6.42 Å². The fraction of sp³-hybridized carbons (Fsp3) is 0.545. The maximum atomic E-state index is 13.2. The lowest BCUT2D eigenvalue weighted by atomic mass is 10.0. The molecule has 0 aromatic heterocycles. The number of allylic oxidation sites excluding steroid dienone is 5. The molecule has 3 rings (SSSR count). The first-order valence-corrected chi connectivity index (χ1v) is 17.9. The predicted molar refractivity (Wildman–Crippen MR) is 211 cm³/mol. The number of hydrogen-bond donors (Lipinski definition) is 0. The summed E-state index contributed by atoms with van der Waals surface area (Å²) >= 11 is 0. The first-order valence-electron chi connectivity index (χ1n) is 17.9. The smallest absolute Gasteiger partial charge is 0.126 e. The van der Waals surface area contributed by atoms with E-state index in [4.69, 9.17) is 0 Å². The second-order valence-electron chi connectivity index (χ2n) is 10.7. The molecule has 45 heavy (non-hydrogen) atoms. The van der Waals surface area contributed by atoms with E-state index < -0.39 is 0 Å². The third-order valence-corrected chi connectivity index (χ3v) is 6.18. The Morgan fingerprint density at radius 1 is 0.756 bits per heavy atom. The zero-order valence-corrected chi connectivity index (χ0v) is 32.5. The number of aryl methyl sites for hydroxylation is 2. The summed E-state index contributed by atoms with van der Waals surface area (Å²) in [7, 11) is 0. The van der Waals surface area contributed by atoms with Crippen molar-refractivity contribution in [2.75, 3.05) is 0 Å². The third-order valence-electron chi connectivity index (χ3n) is 6.18. The second-order valence-corrected chi connectivity index (χ2v) is 10.7. The number of benzene rings is 2. The molecule has 0 amide bonds. The first kappa shape index (κ1) is 51.9. The van der Waals surface area contributed by atoms with E-state index in [9.17, 15) is 4.39 Å². The van der Waals surface area contributed by atoms with Gasteiger partial charge in [0, 0.05) is 0 Å². The molecule has 0 fully saturated rings. The summed E-state index contributed by atoms with van der Waals surface area (Å²) < 4.78 is 13.2. The molecule has 260 valence electrons. The average Bonchev–Trinajstić information content (AvgIpc) is 3.07. The zero-order valence-electron chi connectivity index (χ0n) is 32.5. The van der Waals surface area contributed by atoms with Gasteiger partial charge in [-0.3, -0.25) is 0 Å². The maximum absolute atomic E-state index is 13.2. The molecule has 0 nitrogen and oxygen atoms in total. The highest BCUT2D eigenvalue weighted by Gasteiger charge is 2.01. The van der Waals surface area contributed by atoms with Crippen LogP contribution in [0.3, 0.4) is 0 Å². The molecule has 2 aromatic carbocycles. The van der Waals surface area contributed by atoms with Crippen LogP contribution in [0.25, 0.3) is 0 Å². The van der Waals surface area contributed by atoms with Gasteiger partial charge in [-0.2, -0.15) is 0 Å². The molecule has 0 N–H and O–H groups in total. The van der Waals surface area contributed by atoms with Crippen LogP contribution in [0.2, 0.25) is 0 Å². The van der Waals surface area contributed by atoms with Gasteiger partial charge in [0.1, 0.15) is 5.82 Å². The molecule has 0 bridgehead atoms. The molecule has 0 saturated heterocycles. The summed E-state index contributed by atoms with van der Waals surface area (Å²) in [6.45, 7) is 37.0. The highest BCUT2D eigenvalue weighted by molar-refractivity contribution is 5.26. The van der Waals surface area contributed by atoms with Gasteiger partial charge >= 0.3 is 0 Å². The van der Waals surface area contributed by atoms with Gasteiger partial charge < -0.3 is 0 Å². The second kappa shape index (κ2) is 43.5. The van der Waals surface area contributed by atoms with Gasteiger partial charge in [0.2, 0.25) is 0 Å². The predicted octanol–water partition coefficient (Wildman–Crippen LogP) is 15.8. The van der Waals surface area contributed by atoms with E-state index in [0.717, 1.165) is 22.6 Å². The number of hydrogen-bond acceptors (Lipinski definition) is 0. The normalized spacial score (nSPS) is 10.2. The van der Waals surface area contributed by atoms with Crippen molar-refractivity contribution in [3.63, 3.8) is 0 Å². The molecule has 1 aliphatic carbocycles. The van der Waals surface area contributed by atoms with Gasteiger partial charge in [-0.15, -0.1) is 13.2 Å². The van der Waals surface area contributed by atoms with Crippen molar-refractivity contribution in [3.8, 4) is 0 Å². The van der Waals surface area contributed by atoms with Gasteiger partial charge in [0.15, 0.2) is 0 Å². The van der Waals surface area contributed by atoms with Gasteiger partial charge in [0.25, 0.3) is 0 Å². The highest BCUT2D eigenvalue weighted by atomic mass is 19.1. The minimum Gasteiger partial charge on any atom is -0.207 e. The van der Waals surface area contributed by atoms with Crippen LogP contribution in [-0.2, 0) is 6.42 Å². The Labute approximate surface area is 284 Å².